The van der Waals surface area contributed by atoms with Crippen molar-refractivity contribution in [3.63, 3.8) is 0 Å². The van der Waals surface area contributed by atoms with Crippen molar-refractivity contribution in [2.45, 2.75) is 19.0 Å². The molecule has 0 spiro atoms. The largest absolute Gasteiger partial charge is 0.497 e. The van der Waals surface area contributed by atoms with Crippen molar-refractivity contribution in [3.05, 3.63) is 46.7 Å². The van der Waals surface area contributed by atoms with E-state index in [1.54, 1.807) is 18.4 Å². The van der Waals surface area contributed by atoms with Gasteiger partial charge in [-0.3, -0.25) is 19.4 Å². The highest BCUT2D eigenvalue weighted by atomic mass is 32.1. The predicted octanol–water partition coefficient (Wildman–Crippen LogP) is 1.57. The third-order valence-corrected chi connectivity index (χ3v) is 7.78. The van der Waals surface area contributed by atoms with Crippen molar-refractivity contribution < 1.29 is 19.1 Å². The van der Waals surface area contributed by atoms with E-state index < -0.39 is 11.8 Å². The lowest BCUT2D eigenvalue weighted by Crippen LogP contribution is -2.54. The molecule has 3 heterocycles. The van der Waals surface area contributed by atoms with Gasteiger partial charge < -0.3 is 25.0 Å². The molecule has 2 saturated heterocycles. The molecule has 9 nitrogen and oxygen atoms in total. The van der Waals surface area contributed by atoms with E-state index in [9.17, 15) is 9.59 Å². The maximum absolute atomic E-state index is 12.7. The fraction of sp³-hybridized carbons (Fsp3) is 0.538. The molecule has 1 aromatic heterocycles. The van der Waals surface area contributed by atoms with Gasteiger partial charge in [-0.15, -0.1) is 11.3 Å². The molecular weight excluding hydrogens is 478 g/mol. The molecule has 2 aliphatic rings. The molecule has 36 heavy (non-hydrogen) atoms. The Bertz CT molecular complexity index is 957. The van der Waals surface area contributed by atoms with E-state index >= 15 is 0 Å². The number of amides is 2. The van der Waals surface area contributed by atoms with E-state index in [1.807, 2.05) is 25.1 Å². The Morgan fingerprint density at radius 2 is 1.75 bits per heavy atom. The van der Waals surface area contributed by atoms with Crippen LogP contribution >= 0.6 is 11.3 Å². The van der Waals surface area contributed by atoms with Crippen molar-refractivity contribution in [2.24, 2.45) is 0 Å². The average Bonchev–Trinajstić information content (AvgIpc) is 3.44. The fourth-order valence-corrected chi connectivity index (χ4v) is 5.80. The molecule has 0 bridgehead atoms. The molecule has 0 saturated carbocycles. The summed E-state index contributed by atoms with van der Waals surface area (Å²) in [6.07, 6.45) is 0. The van der Waals surface area contributed by atoms with Gasteiger partial charge in [-0.1, -0.05) is 6.07 Å². The summed E-state index contributed by atoms with van der Waals surface area (Å²) in [6.45, 7) is 9.78. The topological polar surface area (TPSA) is 86.4 Å². The van der Waals surface area contributed by atoms with Crippen LogP contribution in [0.15, 0.2) is 41.8 Å². The molecule has 2 aliphatic heterocycles. The minimum absolute atomic E-state index is 0.00752. The minimum Gasteiger partial charge on any atom is -0.497 e. The van der Waals surface area contributed by atoms with Gasteiger partial charge in [0.05, 0.1) is 26.4 Å². The van der Waals surface area contributed by atoms with E-state index in [0.717, 1.165) is 45.0 Å². The van der Waals surface area contributed by atoms with Crippen LogP contribution in [0.25, 0.3) is 0 Å². The monoisotopic (exact) mass is 515 g/mol. The molecule has 2 fully saturated rings. The number of hydrogen-bond acceptors (Lipinski definition) is 8. The fourth-order valence-electron chi connectivity index (χ4n) is 4.84. The first-order valence-electron chi connectivity index (χ1n) is 12.6. The molecule has 0 radical (unpaired) electrons. The first kappa shape index (κ1) is 26.4. The zero-order valence-corrected chi connectivity index (χ0v) is 22.0. The maximum Gasteiger partial charge on any atom is 0.309 e. The Morgan fingerprint density at radius 3 is 2.39 bits per heavy atom. The lowest BCUT2D eigenvalue weighted by molar-refractivity contribution is -0.139. The maximum atomic E-state index is 12.7. The number of benzene rings is 1. The summed E-state index contributed by atoms with van der Waals surface area (Å²) in [5.74, 6) is -0.308. The summed E-state index contributed by atoms with van der Waals surface area (Å²) < 4.78 is 10.6. The van der Waals surface area contributed by atoms with Gasteiger partial charge in [-0.05, 0) is 42.6 Å². The van der Waals surface area contributed by atoms with Gasteiger partial charge in [0, 0.05) is 69.0 Å². The van der Waals surface area contributed by atoms with Crippen LogP contribution in [0, 0.1) is 0 Å². The SMILES string of the molecule is COc1ccc(N2CCN(C(c3cccs3)C(C)NC(=O)C(=O)NCCN3CCOCC3)CC2)cc1. The second-order valence-corrected chi connectivity index (χ2v) is 10.1. The summed E-state index contributed by atoms with van der Waals surface area (Å²) in [4.78, 5) is 33.3. The van der Waals surface area contributed by atoms with E-state index in [1.165, 1.54) is 10.6 Å². The number of hydrogen-bond donors (Lipinski definition) is 2. The van der Waals surface area contributed by atoms with Crippen LogP contribution in [-0.4, -0.2) is 100 Å². The zero-order chi connectivity index (χ0) is 25.3. The summed E-state index contributed by atoms with van der Waals surface area (Å²) in [7, 11) is 1.67. The Kier molecular flexibility index (Phi) is 9.57. The molecule has 0 aliphatic carbocycles. The molecule has 10 heteroatoms. The number of anilines is 1. The molecular formula is C26H37N5O4S. The first-order chi connectivity index (χ1) is 17.5. The molecule has 2 N–H and O–H groups in total. The number of carbonyl (C=O) groups is 2. The third-order valence-electron chi connectivity index (χ3n) is 6.84. The van der Waals surface area contributed by atoms with Crippen molar-refractivity contribution in [1.82, 2.24) is 20.4 Å². The number of thiophene rings is 1. The minimum atomic E-state index is -0.581. The van der Waals surface area contributed by atoms with Gasteiger partial charge in [-0.2, -0.15) is 0 Å². The smallest absolute Gasteiger partial charge is 0.309 e. The van der Waals surface area contributed by atoms with Gasteiger partial charge in [-0.25, -0.2) is 0 Å². The van der Waals surface area contributed by atoms with Crippen LogP contribution in [0.3, 0.4) is 0 Å². The molecule has 2 aromatic rings. The van der Waals surface area contributed by atoms with Gasteiger partial charge in [0.15, 0.2) is 0 Å². The van der Waals surface area contributed by atoms with Crippen LogP contribution in [-0.2, 0) is 14.3 Å². The van der Waals surface area contributed by atoms with E-state index in [-0.39, 0.29) is 12.1 Å². The number of nitrogens with zero attached hydrogens (tertiary/aromatic N) is 3. The van der Waals surface area contributed by atoms with Crippen LogP contribution in [0.5, 0.6) is 5.75 Å². The average molecular weight is 516 g/mol. The quantitative estimate of drug-likeness (QED) is 0.491. The first-order valence-corrected chi connectivity index (χ1v) is 13.5. The van der Waals surface area contributed by atoms with E-state index in [0.29, 0.717) is 26.3 Å². The Hall–Kier alpha value is -2.66. The summed E-state index contributed by atoms with van der Waals surface area (Å²) in [5.41, 5.74) is 1.18. The van der Waals surface area contributed by atoms with Crippen molar-refractivity contribution in [3.8, 4) is 5.75 Å². The number of nitrogens with one attached hydrogen (secondary N) is 2. The number of morpholine rings is 1. The summed E-state index contributed by atoms with van der Waals surface area (Å²) in [5, 5.41) is 7.78. The van der Waals surface area contributed by atoms with Crippen LogP contribution < -0.4 is 20.3 Å². The molecule has 2 unspecified atom stereocenters. The standard InChI is InChI=1S/C26H37N5O4S/c1-20(28-26(33)25(32)27-9-10-29-15-17-35-18-16-29)24(23-4-3-19-36-23)31-13-11-30(12-14-31)21-5-7-22(34-2)8-6-21/h3-8,19-20,24H,9-18H2,1-2H3,(H,27,32)(H,28,33). The molecule has 196 valence electrons. The highest BCUT2D eigenvalue weighted by Crippen LogP contribution is 2.30. The van der Waals surface area contributed by atoms with Gasteiger partial charge >= 0.3 is 11.8 Å². The summed E-state index contributed by atoms with van der Waals surface area (Å²) >= 11 is 1.68. The second kappa shape index (κ2) is 13.0. The Balaban J connectivity index is 1.30. The Labute approximate surface area is 217 Å². The number of ether oxygens (including phenoxy) is 2. The number of piperazine rings is 1. The molecule has 2 amide bonds. The van der Waals surface area contributed by atoms with Crippen LogP contribution in [0.1, 0.15) is 17.8 Å². The third kappa shape index (κ3) is 6.97. The predicted molar refractivity (Wildman–Crippen MR) is 142 cm³/mol. The Morgan fingerprint density at radius 1 is 1.03 bits per heavy atom. The van der Waals surface area contributed by atoms with Gasteiger partial charge in [0.1, 0.15) is 5.75 Å². The van der Waals surface area contributed by atoms with Gasteiger partial charge in [0.25, 0.3) is 0 Å². The van der Waals surface area contributed by atoms with E-state index in [4.69, 9.17) is 9.47 Å². The molecule has 4 rings (SSSR count). The van der Waals surface area contributed by atoms with Crippen molar-refractivity contribution in [1.29, 1.82) is 0 Å². The second-order valence-electron chi connectivity index (χ2n) is 9.15. The van der Waals surface area contributed by atoms with Gasteiger partial charge in [0.2, 0.25) is 0 Å². The number of methoxy groups -OCH3 is 1. The lowest BCUT2D eigenvalue weighted by Gasteiger charge is -2.42. The molecule has 1 aromatic carbocycles. The summed E-state index contributed by atoms with van der Waals surface area (Å²) in [6, 6.07) is 12.1. The van der Waals surface area contributed by atoms with E-state index in [2.05, 4.69) is 48.9 Å². The number of carbonyl (C=O) groups excluding carboxylic acids is 2. The van der Waals surface area contributed by atoms with Crippen LogP contribution in [0.4, 0.5) is 5.69 Å². The molecule has 2 atom stereocenters. The zero-order valence-electron chi connectivity index (χ0n) is 21.2. The van der Waals surface area contributed by atoms with Crippen molar-refractivity contribution >= 4 is 28.8 Å². The van der Waals surface area contributed by atoms with Crippen molar-refractivity contribution in [2.75, 3.05) is 77.6 Å². The highest BCUT2D eigenvalue weighted by molar-refractivity contribution is 7.10. The lowest BCUT2D eigenvalue weighted by atomic mass is 10.0. The normalized spacial score (nSPS) is 18.9. The number of rotatable bonds is 9. The highest BCUT2D eigenvalue weighted by Gasteiger charge is 2.32. The van der Waals surface area contributed by atoms with Crippen LogP contribution in [0.2, 0.25) is 0 Å².